The largest absolute Gasteiger partial charge is 0.493 e. The molecule has 186 valence electrons. The van der Waals surface area contributed by atoms with Crippen molar-refractivity contribution in [2.24, 2.45) is 11.8 Å². The van der Waals surface area contributed by atoms with Gasteiger partial charge in [0.15, 0.2) is 0 Å². The normalized spacial score (nSPS) is 15.1. The van der Waals surface area contributed by atoms with Gasteiger partial charge < -0.3 is 10.1 Å². The van der Waals surface area contributed by atoms with E-state index in [-0.39, 0.29) is 11.8 Å². The van der Waals surface area contributed by atoms with Gasteiger partial charge in [-0.15, -0.1) is 0 Å². The predicted octanol–water partition coefficient (Wildman–Crippen LogP) is 7.24. The topological polar surface area (TPSA) is 41.6 Å². The molecule has 0 atom stereocenters. The maximum Gasteiger partial charge on any atom is 0.226 e. The zero-order valence-electron chi connectivity index (χ0n) is 21.7. The van der Waals surface area contributed by atoms with Gasteiger partial charge in [-0.05, 0) is 78.9 Å². The zero-order chi connectivity index (χ0) is 24.8. The second-order valence-corrected chi connectivity index (χ2v) is 10.6. The van der Waals surface area contributed by atoms with Crippen LogP contribution in [-0.2, 0) is 11.3 Å². The number of carbonyl (C=O) groups is 1. The summed E-state index contributed by atoms with van der Waals surface area (Å²) in [7, 11) is 0. The molecule has 4 nitrogen and oxygen atoms in total. The quantitative estimate of drug-likeness (QED) is 0.357. The monoisotopic (exact) mass is 472 g/mol. The van der Waals surface area contributed by atoms with Crippen molar-refractivity contribution < 1.29 is 9.53 Å². The molecule has 1 heterocycles. The number of likely N-dealkylation sites (tertiary alicyclic amines) is 1. The Kier molecular flexibility index (Phi) is 8.46. The summed E-state index contributed by atoms with van der Waals surface area (Å²) in [4.78, 5) is 14.7. The van der Waals surface area contributed by atoms with E-state index in [0.717, 1.165) is 56.9 Å². The maximum absolute atomic E-state index is 12.1. The lowest BCUT2D eigenvalue weighted by Gasteiger charge is -2.32. The molecule has 4 rings (SSSR count). The number of amides is 1. The van der Waals surface area contributed by atoms with E-state index in [1.807, 2.05) is 19.9 Å². The summed E-state index contributed by atoms with van der Waals surface area (Å²) >= 11 is 0. The highest BCUT2D eigenvalue weighted by Gasteiger charge is 2.22. The molecule has 1 fully saturated rings. The van der Waals surface area contributed by atoms with Gasteiger partial charge in [0.05, 0.1) is 6.61 Å². The Morgan fingerprint density at radius 2 is 1.71 bits per heavy atom. The third-order valence-corrected chi connectivity index (χ3v) is 7.06. The second-order valence-electron chi connectivity index (χ2n) is 10.6. The zero-order valence-corrected chi connectivity index (χ0v) is 21.7. The molecular formula is C31H40N2O2. The number of ether oxygens (including phenoxy) is 1. The summed E-state index contributed by atoms with van der Waals surface area (Å²) in [6.45, 7) is 12.2. The number of nitrogens with zero attached hydrogens (tertiary/aromatic N) is 1. The van der Waals surface area contributed by atoms with Crippen LogP contribution >= 0.6 is 0 Å². The van der Waals surface area contributed by atoms with Crippen LogP contribution in [0.15, 0.2) is 60.7 Å². The lowest BCUT2D eigenvalue weighted by atomic mass is 9.89. The van der Waals surface area contributed by atoms with Crippen LogP contribution in [0, 0.1) is 11.8 Å². The average molecular weight is 473 g/mol. The van der Waals surface area contributed by atoms with Crippen molar-refractivity contribution in [1.29, 1.82) is 0 Å². The molecule has 0 bridgehead atoms. The van der Waals surface area contributed by atoms with E-state index in [2.05, 4.69) is 78.7 Å². The first-order valence-corrected chi connectivity index (χ1v) is 13.2. The molecule has 0 spiro atoms. The molecule has 3 aromatic rings. The minimum atomic E-state index is -0.0151. The number of carbonyl (C=O) groups excluding carboxylic acids is 1. The molecule has 0 aliphatic carbocycles. The summed E-state index contributed by atoms with van der Waals surface area (Å²) < 4.78 is 6.14. The molecule has 0 unspecified atom stereocenters. The highest BCUT2D eigenvalue weighted by molar-refractivity contribution is 5.92. The number of anilines is 1. The van der Waals surface area contributed by atoms with Crippen LogP contribution in [0.4, 0.5) is 5.69 Å². The molecule has 4 heteroatoms. The van der Waals surface area contributed by atoms with E-state index < -0.39 is 0 Å². The van der Waals surface area contributed by atoms with Crippen LogP contribution in [0.25, 0.3) is 10.8 Å². The van der Waals surface area contributed by atoms with Gasteiger partial charge in [-0.3, -0.25) is 9.69 Å². The number of piperidine rings is 1. The first-order valence-electron chi connectivity index (χ1n) is 13.2. The van der Waals surface area contributed by atoms with Gasteiger partial charge in [0, 0.05) is 23.5 Å². The smallest absolute Gasteiger partial charge is 0.226 e. The van der Waals surface area contributed by atoms with E-state index in [1.54, 1.807) is 0 Å². The van der Waals surface area contributed by atoms with Crippen LogP contribution in [-0.4, -0.2) is 30.5 Å². The number of nitrogens with one attached hydrogen (secondary N) is 1. The van der Waals surface area contributed by atoms with Crippen LogP contribution < -0.4 is 10.1 Å². The van der Waals surface area contributed by atoms with Gasteiger partial charge in [0.25, 0.3) is 0 Å². The highest BCUT2D eigenvalue weighted by Crippen LogP contribution is 2.33. The lowest BCUT2D eigenvalue weighted by Crippen LogP contribution is -2.32. The fourth-order valence-electron chi connectivity index (χ4n) is 4.82. The summed E-state index contributed by atoms with van der Waals surface area (Å²) in [5, 5.41) is 5.55. The minimum absolute atomic E-state index is 0.0151. The van der Waals surface area contributed by atoms with Crippen molar-refractivity contribution in [3.63, 3.8) is 0 Å². The summed E-state index contributed by atoms with van der Waals surface area (Å²) in [6.07, 6.45) is 3.34. The van der Waals surface area contributed by atoms with Crippen molar-refractivity contribution in [2.75, 3.05) is 25.0 Å². The first kappa shape index (κ1) is 25.2. The number of hydrogen-bond acceptors (Lipinski definition) is 3. The molecule has 1 aliphatic rings. The molecule has 35 heavy (non-hydrogen) atoms. The number of fused-ring (bicyclic) bond motifs is 1. The molecule has 1 saturated heterocycles. The molecule has 1 amide bonds. The highest BCUT2D eigenvalue weighted by atomic mass is 16.5. The van der Waals surface area contributed by atoms with E-state index >= 15 is 0 Å². The molecule has 3 aromatic carbocycles. The Labute approximate surface area is 210 Å². The van der Waals surface area contributed by atoms with Gasteiger partial charge in [0.2, 0.25) is 5.91 Å². The molecule has 0 radical (unpaired) electrons. The second kappa shape index (κ2) is 11.7. The Bertz CT molecular complexity index is 1130. The Morgan fingerprint density at radius 1 is 0.971 bits per heavy atom. The Morgan fingerprint density at radius 3 is 2.43 bits per heavy atom. The van der Waals surface area contributed by atoms with E-state index in [1.165, 1.54) is 21.9 Å². The summed E-state index contributed by atoms with van der Waals surface area (Å²) in [6, 6.07) is 21.5. The molecule has 1 aliphatic heterocycles. The van der Waals surface area contributed by atoms with E-state index in [0.29, 0.717) is 11.8 Å². The van der Waals surface area contributed by atoms with Gasteiger partial charge in [0.1, 0.15) is 5.75 Å². The average Bonchev–Trinajstić information content (AvgIpc) is 2.85. The predicted molar refractivity (Wildman–Crippen MR) is 146 cm³/mol. The Hall–Kier alpha value is -2.85. The first-order chi connectivity index (χ1) is 16.9. The van der Waals surface area contributed by atoms with Gasteiger partial charge in [-0.25, -0.2) is 0 Å². The van der Waals surface area contributed by atoms with Crippen molar-refractivity contribution in [3.05, 3.63) is 71.8 Å². The van der Waals surface area contributed by atoms with Gasteiger partial charge >= 0.3 is 0 Å². The third-order valence-electron chi connectivity index (χ3n) is 7.06. The number of rotatable bonds is 9. The lowest BCUT2D eigenvalue weighted by molar-refractivity contribution is -0.118. The molecule has 0 saturated carbocycles. The Balaban J connectivity index is 1.39. The molecule has 0 aromatic heterocycles. The van der Waals surface area contributed by atoms with E-state index in [4.69, 9.17) is 4.74 Å². The van der Waals surface area contributed by atoms with Crippen molar-refractivity contribution in [2.45, 2.75) is 59.4 Å². The van der Waals surface area contributed by atoms with Gasteiger partial charge in [-0.1, -0.05) is 70.2 Å². The van der Waals surface area contributed by atoms with Crippen LogP contribution in [0.1, 0.15) is 64.0 Å². The molecular weight excluding hydrogens is 432 g/mol. The maximum atomic E-state index is 12.1. The fraction of sp³-hybridized carbons (Fsp3) is 0.452. The van der Waals surface area contributed by atoms with Crippen LogP contribution in [0.2, 0.25) is 0 Å². The van der Waals surface area contributed by atoms with Crippen molar-refractivity contribution in [3.8, 4) is 5.75 Å². The summed E-state index contributed by atoms with van der Waals surface area (Å²) in [5.41, 5.74) is 3.61. The third kappa shape index (κ3) is 6.64. The number of hydrogen-bond donors (Lipinski definition) is 1. The standard InChI is InChI=1S/C31H40N2O2/c1-22(2)16-19-35-30-13-12-26(28-10-5-6-11-29(28)30)21-33-17-14-24(15-18-33)25-8-7-9-27(20-25)32-31(34)23(3)4/h5-13,20,22-24H,14-19,21H2,1-4H3,(H,32,34). The van der Waals surface area contributed by atoms with Crippen LogP contribution in [0.5, 0.6) is 5.75 Å². The van der Waals surface area contributed by atoms with Crippen molar-refractivity contribution >= 4 is 22.4 Å². The van der Waals surface area contributed by atoms with Crippen LogP contribution in [0.3, 0.4) is 0 Å². The molecule has 1 N–H and O–H groups in total. The summed E-state index contributed by atoms with van der Waals surface area (Å²) in [5.74, 6) is 2.23. The minimum Gasteiger partial charge on any atom is -0.493 e. The SMILES string of the molecule is CC(C)CCOc1ccc(CN2CCC(c3cccc(NC(=O)C(C)C)c3)CC2)c2ccccc12. The number of benzene rings is 3. The van der Waals surface area contributed by atoms with Crippen molar-refractivity contribution in [1.82, 2.24) is 4.90 Å². The van der Waals surface area contributed by atoms with E-state index in [9.17, 15) is 4.79 Å². The van der Waals surface area contributed by atoms with Gasteiger partial charge in [-0.2, -0.15) is 0 Å². The fourth-order valence-corrected chi connectivity index (χ4v) is 4.82.